The molecule has 0 atom stereocenters. The van der Waals surface area contributed by atoms with Gasteiger partial charge in [-0.3, -0.25) is 0 Å². The molecule has 0 N–H and O–H groups in total. The predicted molar refractivity (Wildman–Crippen MR) is 59.2 cm³/mol. The zero-order chi connectivity index (χ0) is 10.7. The van der Waals surface area contributed by atoms with Gasteiger partial charge < -0.3 is 4.42 Å². The Hall–Kier alpha value is -2.01. The van der Waals surface area contributed by atoms with Crippen LogP contribution in [0.2, 0.25) is 0 Å². The van der Waals surface area contributed by atoms with Gasteiger partial charge in [0.05, 0.1) is 0 Å². The highest BCUT2D eigenvalue weighted by Gasteiger charge is 2.08. The summed E-state index contributed by atoms with van der Waals surface area (Å²) < 4.78 is 5.54. The van der Waals surface area contributed by atoms with Crippen molar-refractivity contribution in [2.45, 2.75) is 13.8 Å². The first-order valence-electron chi connectivity index (χ1n) is 4.77. The Morgan fingerprint density at radius 3 is 2.60 bits per heavy atom. The largest absolute Gasteiger partial charge is 0.440 e. The molecule has 0 saturated heterocycles. The molecule has 0 aliphatic carbocycles. The van der Waals surface area contributed by atoms with Gasteiger partial charge in [-0.15, -0.1) is 0 Å². The minimum Gasteiger partial charge on any atom is -0.440 e. The smallest absolute Gasteiger partial charge is 0.227 e. The lowest BCUT2D eigenvalue weighted by Crippen LogP contribution is -1.78. The molecule has 0 saturated carbocycles. The molecule has 2 nitrogen and oxygen atoms in total. The van der Waals surface area contributed by atoms with Crippen molar-refractivity contribution in [3.8, 4) is 23.3 Å². The van der Waals surface area contributed by atoms with E-state index in [2.05, 4.69) is 16.8 Å². The van der Waals surface area contributed by atoms with Crippen molar-refractivity contribution in [1.29, 1.82) is 0 Å². The van der Waals surface area contributed by atoms with Crippen LogP contribution in [-0.4, -0.2) is 4.98 Å². The Morgan fingerprint density at radius 2 is 1.93 bits per heavy atom. The third-order valence-corrected chi connectivity index (χ3v) is 2.06. The van der Waals surface area contributed by atoms with Crippen molar-refractivity contribution in [3.63, 3.8) is 0 Å². The molecule has 0 aliphatic heterocycles. The Bertz CT molecular complexity index is 514. The summed E-state index contributed by atoms with van der Waals surface area (Å²) >= 11 is 0. The molecule has 15 heavy (non-hydrogen) atoms. The highest BCUT2D eigenvalue weighted by atomic mass is 16.4. The highest BCUT2D eigenvalue weighted by Crippen LogP contribution is 2.20. The van der Waals surface area contributed by atoms with Crippen molar-refractivity contribution >= 4 is 0 Å². The molecule has 2 aromatic rings. The normalized spacial score (nSPS) is 9.47. The topological polar surface area (TPSA) is 26.0 Å². The fourth-order valence-electron chi connectivity index (χ4n) is 1.34. The van der Waals surface area contributed by atoms with Gasteiger partial charge in [-0.2, -0.15) is 0 Å². The summed E-state index contributed by atoms with van der Waals surface area (Å²) in [6, 6.07) is 9.81. The van der Waals surface area contributed by atoms with Crippen LogP contribution in [0.25, 0.3) is 11.5 Å². The lowest BCUT2D eigenvalue weighted by molar-refractivity contribution is 0.542. The van der Waals surface area contributed by atoms with Crippen molar-refractivity contribution in [2.24, 2.45) is 0 Å². The number of oxazole rings is 1. The van der Waals surface area contributed by atoms with Gasteiger partial charge in [0.2, 0.25) is 5.89 Å². The van der Waals surface area contributed by atoms with Crippen molar-refractivity contribution in [1.82, 2.24) is 4.98 Å². The van der Waals surface area contributed by atoms with E-state index in [0.29, 0.717) is 5.89 Å². The van der Waals surface area contributed by atoms with Crippen LogP contribution in [0.4, 0.5) is 0 Å². The Morgan fingerprint density at radius 1 is 1.20 bits per heavy atom. The number of aromatic nitrogens is 1. The predicted octanol–water partition coefficient (Wildman–Crippen LogP) is 3.02. The van der Waals surface area contributed by atoms with Crippen LogP contribution in [0.5, 0.6) is 0 Å². The Kier molecular flexibility index (Phi) is 2.55. The van der Waals surface area contributed by atoms with Crippen LogP contribution in [0.15, 0.2) is 34.7 Å². The fourth-order valence-corrected chi connectivity index (χ4v) is 1.34. The van der Waals surface area contributed by atoms with Crippen LogP contribution in [0.1, 0.15) is 18.4 Å². The molecular formula is C13H11NO. The number of hydrogen-bond acceptors (Lipinski definition) is 2. The third-order valence-electron chi connectivity index (χ3n) is 2.06. The van der Waals surface area contributed by atoms with Gasteiger partial charge in [-0.1, -0.05) is 24.1 Å². The van der Waals surface area contributed by atoms with Gasteiger partial charge >= 0.3 is 0 Å². The summed E-state index contributed by atoms with van der Waals surface area (Å²) in [6.07, 6.45) is 0. The summed E-state index contributed by atoms with van der Waals surface area (Å²) in [5.74, 6) is 7.13. The van der Waals surface area contributed by atoms with E-state index in [1.807, 2.05) is 37.3 Å². The lowest BCUT2D eigenvalue weighted by Gasteiger charge is -1.91. The van der Waals surface area contributed by atoms with E-state index in [9.17, 15) is 0 Å². The van der Waals surface area contributed by atoms with E-state index in [1.54, 1.807) is 6.92 Å². The van der Waals surface area contributed by atoms with E-state index in [1.165, 1.54) is 0 Å². The number of rotatable bonds is 1. The molecule has 0 radical (unpaired) electrons. The highest BCUT2D eigenvalue weighted by molar-refractivity contribution is 5.54. The molecule has 2 heteroatoms. The minimum absolute atomic E-state index is 0.630. The molecule has 1 aromatic heterocycles. The molecule has 0 amide bonds. The summed E-state index contributed by atoms with van der Waals surface area (Å²) in [5, 5.41) is 0. The van der Waals surface area contributed by atoms with Crippen LogP contribution in [0.3, 0.4) is 0 Å². The van der Waals surface area contributed by atoms with Crippen LogP contribution in [-0.2, 0) is 0 Å². The average molecular weight is 197 g/mol. The second-order valence-corrected chi connectivity index (χ2v) is 3.16. The van der Waals surface area contributed by atoms with E-state index in [0.717, 1.165) is 17.0 Å². The zero-order valence-electron chi connectivity index (χ0n) is 8.74. The first-order chi connectivity index (χ1) is 7.31. The maximum atomic E-state index is 5.54. The summed E-state index contributed by atoms with van der Waals surface area (Å²) in [5.41, 5.74) is 1.70. The Balaban J connectivity index is 2.46. The van der Waals surface area contributed by atoms with Gasteiger partial charge in [-0.25, -0.2) is 4.98 Å². The van der Waals surface area contributed by atoms with Crippen LogP contribution in [0, 0.1) is 18.8 Å². The van der Waals surface area contributed by atoms with E-state index in [-0.39, 0.29) is 0 Å². The molecule has 0 bridgehead atoms. The molecule has 74 valence electrons. The maximum Gasteiger partial charge on any atom is 0.227 e. The molecule has 0 fully saturated rings. The molecule has 0 spiro atoms. The molecular weight excluding hydrogens is 186 g/mol. The zero-order valence-corrected chi connectivity index (χ0v) is 8.74. The Labute approximate surface area is 89.0 Å². The standard InChI is InChI=1S/C13H11NO/c1-3-7-12-10(2)15-13(14-12)11-8-5-4-6-9-11/h4-6,8-9H,1-2H3. The molecule has 0 aliphatic rings. The maximum absolute atomic E-state index is 5.54. The van der Waals surface area contributed by atoms with Gasteiger partial charge in [0.25, 0.3) is 0 Å². The van der Waals surface area contributed by atoms with Gasteiger partial charge in [0.1, 0.15) is 5.76 Å². The van der Waals surface area contributed by atoms with Gasteiger partial charge in [0.15, 0.2) is 5.69 Å². The molecule has 1 aromatic carbocycles. The molecule has 2 rings (SSSR count). The van der Waals surface area contributed by atoms with Crippen LogP contribution >= 0.6 is 0 Å². The van der Waals surface area contributed by atoms with Gasteiger partial charge in [-0.05, 0) is 31.9 Å². The first-order valence-corrected chi connectivity index (χ1v) is 4.77. The number of benzene rings is 1. The van der Waals surface area contributed by atoms with E-state index in [4.69, 9.17) is 4.42 Å². The molecule has 1 heterocycles. The third kappa shape index (κ3) is 1.92. The second-order valence-electron chi connectivity index (χ2n) is 3.16. The van der Waals surface area contributed by atoms with Gasteiger partial charge in [0, 0.05) is 5.56 Å². The SMILES string of the molecule is CC#Cc1nc(-c2ccccc2)oc1C. The van der Waals surface area contributed by atoms with Crippen molar-refractivity contribution in [3.05, 3.63) is 41.8 Å². The average Bonchev–Trinajstić information content (AvgIpc) is 2.63. The van der Waals surface area contributed by atoms with Crippen molar-refractivity contribution in [2.75, 3.05) is 0 Å². The first kappa shape index (κ1) is 9.54. The number of aryl methyl sites for hydroxylation is 1. The number of hydrogen-bond donors (Lipinski definition) is 0. The quantitative estimate of drug-likeness (QED) is 0.657. The summed E-state index contributed by atoms with van der Waals surface area (Å²) in [6.45, 7) is 3.66. The van der Waals surface area contributed by atoms with Crippen LogP contribution < -0.4 is 0 Å². The van der Waals surface area contributed by atoms with E-state index < -0.39 is 0 Å². The lowest BCUT2D eigenvalue weighted by atomic mass is 10.2. The van der Waals surface area contributed by atoms with Crippen molar-refractivity contribution < 1.29 is 4.42 Å². The fraction of sp³-hybridized carbons (Fsp3) is 0.154. The monoisotopic (exact) mass is 197 g/mol. The second kappa shape index (κ2) is 4.02. The van der Waals surface area contributed by atoms with E-state index >= 15 is 0 Å². The summed E-state index contributed by atoms with van der Waals surface area (Å²) in [4.78, 5) is 4.33. The number of nitrogens with zero attached hydrogens (tertiary/aromatic N) is 1. The molecule has 0 unspecified atom stereocenters. The minimum atomic E-state index is 0.630. The summed E-state index contributed by atoms with van der Waals surface area (Å²) in [7, 11) is 0.